The lowest BCUT2D eigenvalue weighted by molar-refractivity contribution is 0.441. The minimum Gasteiger partial charge on any atom is -0.0620 e. The summed E-state index contributed by atoms with van der Waals surface area (Å²) in [5, 5.41) is 0. The summed E-state index contributed by atoms with van der Waals surface area (Å²) < 4.78 is 0. The highest BCUT2D eigenvalue weighted by molar-refractivity contribution is 5.32. The zero-order chi connectivity index (χ0) is 11.4. The van der Waals surface area contributed by atoms with E-state index in [0.29, 0.717) is 0 Å². The molecule has 0 heterocycles. The van der Waals surface area contributed by atoms with Crippen molar-refractivity contribution < 1.29 is 0 Å². The second-order valence-corrected chi connectivity index (χ2v) is 5.42. The van der Waals surface area contributed by atoms with Crippen LogP contribution < -0.4 is 0 Å². The highest BCUT2D eigenvalue weighted by Gasteiger charge is 2.18. The Hall–Kier alpha value is -0.780. The van der Waals surface area contributed by atoms with Gasteiger partial charge in [0.1, 0.15) is 0 Å². The van der Waals surface area contributed by atoms with Crippen LogP contribution in [0.25, 0.3) is 0 Å². The van der Waals surface area contributed by atoms with E-state index in [4.69, 9.17) is 0 Å². The topological polar surface area (TPSA) is 0 Å². The lowest BCUT2D eigenvalue weighted by atomic mass is 9.81. The van der Waals surface area contributed by atoms with E-state index >= 15 is 0 Å². The molecular weight excluding hydrogens is 192 g/mol. The molecule has 0 aliphatic heterocycles. The molecule has 0 nitrogen and oxygen atoms in total. The first-order valence-electron chi connectivity index (χ1n) is 6.64. The van der Waals surface area contributed by atoms with E-state index < -0.39 is 0 Å². The Bertz CT molecular complexity index is 319. The third-order valence-corrected chi connectivity index (χ3v) is 3.64. The molecule has 16 heavy (non-hydrogen) atoms. The second-order valence-electron chi connectivity index (χ2n) is 5.42. The zero-order valence-corrected chi connectivity index (χ0v) is 10.6. The fourth-order valence-corrected chi connectivity index (χ4v) is 2.89. The van der Waals surface area contributed by atoms with Crippen molar-refractivity contribution in [3.8, 4) is 0 Å². The molecule has 1 aliphatic rings. The molecule has 0 aromatic heterocycles. The quantitative estimate of drug-likeness (QED) is 0.673. The molecule has 1 fully saturated rings. The number of hydrogen-bond donors (Lipinski definition) is 0. The van der Waals surface area contributed by atoms with E-state index in [0.717, 1.165) is 12.3 Å². The van der Waals surface area contributed by atoms with Gasteiger partial charge in [-0.3, -0.25) is 0 Å². The minimum atomic E-state index is 0.837. The van der Waals surface area contributed by atoms with Crippen molar-refractivity contribution in [1.29, 1.82) is 0 Å². The molecular formula is C16H23. The second kappa shape index (κ2) is 5.52. The van der Waals surface area contributed by atoms with Gasteiger partial charge >= 0.3 is 0 Å². The van der Waals surface area contributed by atoms with Crippen LogP contribution in [0.15, 0.2) is 24.3 Å². The van der Waals surface area contributed by atoms with E-state index in [9.17, 15) is 0 Å². The molecule has 0 heteroatoms. The van der Waals surface area contributed by atoms with Crippen molar-refractivity contribution in [1.82, 2.24) is 0 Å². The average Bonchev–Trinajstić information content (AvgIpc) is 2.30. The van der Waals surface area contributed by atoms with Gasteiger partial charge in [-0.15, -0.1) is 0 Å². The van der Waals surface area contributed by atoms with Gasteiger partial charge < -0.3 is 0 Å². The van der Waals surface area contributed by atoms with Gasteiger partial charge in [-0.1, -0.05) is 57.4 Å². The maximum atomic E-state index is 2.36. The summed E-state index contributed by atoms with van der Waals surface area (Å²) >= 11 is 0. The predicted octanol–water partition coefficient (Wildman–Crippen LogP) is 4.89. The smallest absolute Gasteiger partial charge is 0.0159 e. The molecule has 1 radical (unpaired) electrons. The molecule has 0 amide bonds. The van der Waals surface area contributed by atoms with Crippen molar-refractivity contribution >= 4 is 0 Å². The van der Waals surface area contributed by atoms with Crippen LogP contribution in [0, 0.1) is 5.92 Å². The van der Waals surface area contributed by atoms with Crippen molar-refractivity contribution in [2.75, 3.05) is 0 Å². The first-order valence-corrected chi connectivity index (χ1v) is 6.64. The fourth-order valence-electron chi connectivity index (χ4n) is 2.89. The predicted molar refractivity (Wildman–Crippen MR) is 70.6 cm³/mol. The monoisotopic (exact) mass is 215 g/mol. The van der Waals surface area contributed by atoms with Crippen LogP contribution in [-0.2, 0) is 6.42 Å². The van der Waals surface area contributed by atoms with Gasteiger partial charge in [0.2, 0.25) is 0 Å². The summed E-state index contributed by atoms with van der Waals surface area (Å²) in [5.41, 5.74) is 3.19. The Balaban J connectivity index is 2.17. The number of hydrogen-bond acceptors (Lipinski definition) is 0. The SMILES string of the molecule is C[C](C)Cc1ccccc1C1CCCCC1. The van der Waals surface area contributed by atoms with Crippen molar-refractivity contribution in [3.63, 3.8) is 0 Å². The van der Waals surface area contributed by atoms with Gasteiger partial charge in [0.15, 0.2) is 0 Å². The highest BCUT2D eigenvalue weighted by Crippen LogP contribution is 2.35. The van der Waals surface area contributed by atoms with Crippen molar-refractivity contribution in [2.45, 2.75) is 58.3 Å². The molecule has 0 spiro atoms. The summed E-state index contributed by atoms with van der Waals surface area (Å²) in [7, 11) is 0. The van der Waals surface area contributed by atoms with Gasteiger partial charge in [-0.25, -0.2) is 0 Å². The molecule has 0 atom stereocenters. The molecule has 0 unspecified atom stereocenters. The average molecular weight is 215 g/mol. The summed E-state index contributed by atoms with van der Waals surface area (Å²) in [6.07, 6.45) is 8.26. The van der Waals surface area contributed by atoms with Crippen LogP contribution in [-0.4, -0.2) is 0 Å². The molecule has 0 saturated heterocycles. The van der Waals surface area contributed by atoms with E-state index in [1.165, 1.54) is 38.0 Å². The third kappa shape index (κ3) is 2.87. The van der Waals surface area contributed by atoms with Gasteiger partial charge in [-0.2, -0.15) is 0 Å². The molecule has 0 N–H and O–H groups in total. The lowest BCUT2D eigenvalue weighted by Gasteiger charge is -2.24. The van der Waals surface area contributed by atoms with Crippen molar-refractivity contribution in [2.24, 2.45) is 0 Å². The molecule has 1 aliphatic carbocycles. The third-order valence-electron chi connectivity index (χ3n) is 3.64. The van der Waals surface area contributed by atoms with E-state index in [1.807, 2.05) is 0 Å². The standard InChI is InChI=1S/C16H23/c1-13(2)12-15-10-6-7-11-16(15)14-8-4-3-5-9-14/h6-7,10-11,14H,3-5,8-9,12H2,1-2H3. The van der Waals surface area contributed by atoms with E-state index in [2.05, 4.69) is 38.1 Å². The Morgan fingerprint density at radius 2 is 1.75 bits per heavy atom. The Kier molecular flexibility index (Phi) is 4.04. The highest BCUT2D eigenvalue weighted by atomic mass is 14.2. The maximum Gasteiger partial charge on any atom is -0.0159 e. The maximum absolute atomic E-state index is 2.36. The van der Waals surface area contributed by atoms with E-state index in [-0.39, 0.29) is 0 Å². The number of benzene rings is 1. The summed E-state index contributed by atoms with van der Waals surface area (Å²) in [5.74, 6) is 2.35. The van der Waals surface area contributed by atoms with E-state index in [1.54, 1.807) is 11.1 Å². The molecule has 1 saturated carbocycles. The van der Waals surface area contributed by atoms with Crippen LogP contribution in [0.3, 0.4) is 0 Å². The summed E-state index contributed by atoms with van der Waals surface area (Å²) in [6, 6.07) is 9.06. The first kappa shape index (κ1) is 11.7. The molecule has 87 valence electrons. The van der Waals surface area contributed by atoms with Crippen LogP contribution in [0.5, 0.6) is 0 Å². The normalized spacial score (nSPS) is 17.9. The van der Waals surface area contributed by atoms with Gasteiger partial charge in [0.25, 0.3) is 0 Å². The summed E-state index contributed by atoms with van der Waals surface area (Å²) in [4.78, 5) is 0. The Morgan fingerprint density at radius 1 is 1.06 bits per heavy atom. The molecule has 1 aromatic rings. The minimum absolute atomic E-state index is 0.837. The first-order chi connectivity index (χ1) is 7.77. The molecule has 1 aromatic carbocycles. The van der Waals surface area contributed by atoms with Gasteiger partial charge in [0.05, 0.1) is 0 Å². The molecule has 0 bridgehead atoms. The van der Waals surface area contributed by atoms with Gasteiger partial charge in [-0.05, 0) is 42.2 Å². The number of rotatable bonds is 3. The van der Waals surface area contributed by atoms with Gasteiger partial charge in [0, 0.05) is 0 Å². The molecule has 2 rings (SSSR count). The lowest BCUT2D eigenvalue weighted by Crippen LogP contribution is -2.08. The van der Waals surface area contributed by atoms with Crippen molar-refractivity contribution in [3.05, 3.63) is 41.3 Å². The van der Waals surface area contributed by atoms with Crippen LogP contribution in [0.1, 0.15) is 63.0 Å². The summed E-state index contributed by atoms with van der Waals surface area (Å²) in [6.45, 7) is 4.47. The fraction of sp³-hybridized carbons (Fsp3) is 0.562. The van der Waals surface area contributed by atoms with Crippen LogP contribution in [0.2, 0.25) is 0 Å². The Morgan fingerprint density at radius 3 is 2.44 bits per heavy atom. The van der Waals surface area contributed by atoms with Crippen LogP contribution >= 0.6 is 0 Å². The van der Waals surface area contributed by atoms with Crippen LogP contribution in [0.4, 0.5) is 0 Å². The largest absolute Gasteiger partial charge is 0.0620 e. The Labute approximate surface area is 100 Å². The zero-order valence-electron chi connectivity index (χ0n) is 10.6.